The summed E-state index contributed by atoms with van der Waals surface area (Å²) in [6.07, 6.45) is -3.24. The lowest BCUT2D eigenvalue weighted by Crippen LogP contribution is -2.37. The molecule has 0 bridgehead atoms. The van der Waals surface area contributed by atoms with Gasteiger partial charge in [-0.15, -0.1) is 13.2 Å². The number of hydrogen-bond acceptors (Lipinski definition) is 3. The summed E-state index contributed by atoms with van der Waals surface area (Å²) in [5.74, 6) is 0.420. The van der Waals surface area contributed by atoms with E-state index < -0.39 is 6.36 Å². The Bertz CT molecular complexity index is 947. The molecule has 3 rings (SSSR count). The number of alkyl halides is 3. The third kappa shape index (κ3) is 7.18. The van der Waals surface area contributed by atoms with Crippen molar-refractivity contribution in [2.45, 2.75) is 45.8 Å². The number of carbonyl (C=O) groups is 1. The van der Waals surface area contributed by atoms with E-state index in [0.29, 0.717) is 37.6 Å². The first-order valence-corrected chi connectivity index (χ1v) is 10.6. The fourth-order valence-corrected chi connectivity index (χ4v) is 3.48. The summed E-state index contributed by atoms with van der Waals surface area (Å²) in [4.78, 5) is 18.3. The standard InChI is InChI=1S/C23H27F3N4O2/c1-2-27-22(29-15-19-9-3-4-10-20(19)32-23(24,25)26)28-14-17-7-5-8-18(13-17)16-30-12-6-11-21(30)31/h3-5,7-10,13H,2,6,11-12,14-16H2,1H3,(H2,27,28,29). The smallest absolute Gasteiger partial charge is 0.405 e. The van der Waals surface area contributed by atoms with Gasteiger partial charge in [-0.3, -0.25) is 4.79 Å². The van der Waals surface area contributed by atoms with Crippen LogP contribution < -0.4 is 15.4 Å². The summed E-state index contributed by atoms with van der Waals surface area (Å²) in [5.41, 5.74) is 2.39. The zero-order chi connectivity index (χ0) is 23.0. The van der Waals surface area contributed by atoms with E-state index in [1.807, 2.05) is 36.1 Å². The Hall–Kier alpha value is -3.23. The van der Waals surface area contributed by atoms with Crippen molar-refractivity contribution in [3.63, 3.8) is 0 Å². The molecule has 2 aromatic rings. The minimum Gasteiger partial charge on any atom is -0.405 e. The maximum absolute atomic E-state index is 12.6. The predicted molar refractivity (Wildman–Crippen MR) is 116 cm³/mol. The highest BCUT2D eigenvalue weighted by Gasteiger charge is 2.32. The second-order valence-electron chi connectivity index (χ2n) is 7.44. The van der Waals surface area contributed by atoms with Gasteiger partial charge in [-0.1, -0.05) is 42.5 Å². The topological polar surface area (TPSA) is 66.0 Å². The van der Waals surface area contributed by atoms with Gasteiger partial charge in [0.2, 0.25) is 5.91 Å². The summed E-state index contributed by atoms with van der Waals surface area (Å²) in [7, 11) is 0. The molecule has 1 amide bonds. The number of aliphatic imine (C=N–C) groups is 1. The molecule has 9 heteroatoms. The van der Waals surface area contributed by atoms with Gasteiger partial charge in [0.25, 0.3) is 0 Å². The molecule has 0 radical (unpaired) electrons. The van der Waals surface area contributed by atoms with Crippen molar-refractivity contribution in [3.8, 4) is 5.75 Å². The van der Waals surface area contributed by atoms with Crippen LogP contribution in [0, 0.1) is 0 Å². The van der Waals surface area contributed by atoms with E-state index in [2.05, 4.69) is 20.4 Å². The number of carbonyl (C=O) groups excluding carboxylic acids is 1. The van der Waals surface area contributed by atoms with E-state index in [9.17, 15) is 18.0 Å². The molecule has 1 aliphatic heterocycles. The number of guanidine groups is 1. The highest BCUT2D eigenvalue weighted by molar-refractivity contribution is 5.80. The van der Waals surface area contributed by atoms with Crippen LogP contribution in [0.2, 0.25) is 0 Å². The fraction of sp³-hybridized carbons (Fsp3) is 0.391. The van der Waals surface area contributed by atoms with E-state index in [0.717, 1.165) is 24.1 Å². The second kappa shape index (κ2) is 10.9. The first-order valence-electron chi connectivity index (χ1n) is 10.6. The van der Waals surface area contributed by atoms with Crippen LogP contribution in [0.3, 0.4) is 0 Å². The molecule has 6 nitrogen and oxygen atoms in total. The van der Waals surface area contributed by atoms with Crippen LogP contribution in [0.5, 0.6) is 5.75 Å². The summed E-state index contributed by atoms with van der Waals surface area (Å²) in [5, 5.41) is 6.14. The average Bonchev–Trinajstić information content (AvgIpc) is 3.14. The van der Waals surface area contributed by atoms with Crippen molar-refractivity contribution < 1.29 is 22.7 Å². The normalized spacial score (nSPS) is 14.6. The first-order chi connectivity index (χ1) is 15.3. The minimum atomic E-state index is -4.75. The van der Waals surface area contributed by atoms with Crippen LogP contribution >= 0.6 is 0 Å². The van der Waals surface area contributed by atoms with Gasteiger partial charge in [-0.2, -0.15) is 0 Å². The zero-order valence-electron chi connectivity index (χ0n) is 17.9. The number of amides is 1. The van der Waals surface area contributed by atoms with Crippen molar-refractivity contribution in [1.82, 2.24) is 15.5 Å². The summed E-state index contributed by atoms with van der Waals surface area (Å²) >= 11 is 0. The molecule has 0 aliphatic carbocycles. The van der Waals surface area contributed by atoms with Crippen molar-refractivity contribution in [2.24, 2.45) is 4.99 Å². The largest absolute Gasteiger partial charge is 0.573 e. The molecule has 1 heterocycles. The minimum absolute atomic E-state index is 0.120. The summed E-state index contributed by atoms with van der Waals surface area (Å²) in [6.45, 7) is 4.39. The van der Waals surface area contributed by atoms with Crippen LogP contribution in [0.15, 0.2) is 53.5 Å². The molecule has 1 saturated heterocycles. The Morgan fingerprint density at radius 2 is 1.91 bits per heavy atom. The van der Waals surface area contributed by atoms with Gasteiger partial charge in [0, 0.05) is 38.2 Å². The molecule has 0 atom stereocenters. The number of likely N-dealkylation sites (tertiary alicyclic amines) is 1. The molecule has 0 spiro atoms. The average molecular weight is 448 g/mol. The number of rotatable bonds is 8. The monoisotopic (exact) mass is 448 g/mol. The van der Waals surface area contributed by atoms with Crippen LogP contribution in [-0.4, -0.2) is 36.2 Å². The highest BCUT2D eigenvalue weighted by atomic mass is 19.4. The lowest BCUT2D eigenvalue weighted by Gasteiger charge is -2.16. The quantitative estimate of drug-likeness (QED) is 0.474. The molecule has 0 unspecified atom stereocenters. The Kier molecular flexibility index (Phi) is 7.97. The Morgan fingerprint density at radius 3 is 2.62 bits per heavy atom. The lowest BCUT2D eigenvalue weighted by atomic mass is 10.1. The predicted octanol–water partition coefficient (Wildman–Crippen LogP) is 3.96. The second-order valence-corrected chi connectivity index (χ2v) is 7.44. The van der Waals surface area contributed by atoms with Gasteiger partial charge >= 0.3 is 6.36 Å². The third-order valence-corrected chi connectivity index (χ3v) is 4.94. The maximum atomic E-state index is 12.6. The Morgan fingerprint density at radius 1 is 1.12 bits per heavy atom. The number of ether oxygens (including phenoxy) is 1. The number of nitrogens with one attached hydrogen (secondary N) is 2. The van der Waals surface area contributed by atoms with E-state index >= 15 is 0 Å². The van der Waals surface area contributed by atoms with Crippen LogP contribution in [-0.2, 0) is 24.4 Å². The van der Waals surface area contributed by atoms with Gasteiger partial charge in [0.1, 0.15) is 5.75 Å². The van der Waals surface area contributed by atoms with E-state index in [1.165, 1.54) is 12.1 Å². The van der Waals surface area contributed by atoms with E-state index in [-0.39, 0.29) is 18.2 Å². The number of nitrogens with zero attached hydrogens (tertiary/aromatic N) is 2. The fourth-order valence-electron chi connectivity index (χ4n) is 3.48. The molecule has 0 saturated carbocycles. The molecule has 172 valence electrons. The molecule has 1 aliphatic rings. The van der Waals surface area contributed by atoms with Crippen LogP contribution in [0.25, 0.3) is 0 Å². The van der Waals surface area contributed by atoms with Crippen molar-refractivity contribution in [3.05, 3.63) is 65.2 Å². The van der Waals surface area contributed by atoms with Gasteiger partial charge in [-0.25, -0.2) is 4.99 Å². The summed E-state index contributed by atoms with van der Waals surface area (Å²) in [6, 6.07) is 13.9. The van der Waals surface area contributed by atoms with E-state index in [4.69, 9.17) is 0 Å². The maximum Gasteiger partial charge on any atom is 0.573 e. The van der Waals surface area contributed by atoms with Gasteiger partial charge < -0.3 is 20.3 Å². The van der Waals surface area contributed by atoms with Gasteiger partial charge in [0.15, 0.2) is 5.96 Å². The van der Waals surface area contributed by atoms with Crippen LogP contribution in [0.4, 0.5) is 13.2 Å². The van der Waals surface area contributed by atoms with E-state index in [1.54, 1.807) is 12.1 Å². The van der Waals surface area contributed by atoms with Crippen LogP contribution in [0.1, 0.15) is 36.5 Å². The lowest BCUT2D eigenvalue weighted by molar-refractivity contribution is -0.274. The molecule has 32 heavy (non-hydrogen) atoms. The molecule has 2 aromatic carbocycles. The zero-order valence-corrected chi connectivity index (χ0v) is 17.9. The Labute approximate surface area is 185 Å². The molecular formula is C23H27F3N4O2. The molecule has 1 fully saturated rings. The Balaban J connectivity index is 1.63. The van der Waals surface area contributed by atoms with Gasteiger partial charge in [-0.05, 0) is 30.5 Å². The number of para-hydroxylation sites is 1. The first kappa shape index (κ1) is 23.4. The van der Waals surface area contributed by atoms with Crippen molar-refractivity contribution in [2.75, 3.05) is 13.1 Å². The van der Waals surface area contributed by atoms with Crippen molar-refractivity contribution >= 4 is 11.9 Å². The summed E-state index contributed by atoms with van der Waals surface area (Å²) < 4.78 is 42.0. The molecule has 2 N–H and O–H groups in total. The SMILES string of the molecule is CCNC(=NCc1cccc(CN2CCCC2=O)c1)NCc1ccccc1OC(F)(F)F. The van der Waals surface area contributed by atoms with Crippen molar-refractivity contribution in [1.29, 1.82) is 0 Å². The van der Waals surface area contributed by atoms with Gasteiger partial charge in [0.05, 0.1) is 6.54 Å². The third-order valence-electron chi connectivity index (χ3n) is 4.94. The number of benzene rings is 2. The highest BCUT2D eigenvalue weighted by Crippen LogP contribution is 2.26. The molecular weight excluding hydrogens is 421 g/mol. The molecule has 0 aromatic heterocycles. The number of hydrogen-bond donors (Lipinski definition) is 2. The number of halogens is 3.